The van der Waals surface area contributed by atoms with Gasteiger partial charge < -0.3 is 14.5 Å². The second kappa shape index (κ2) is 5.92. The van der Waals surface area contributed by atoms with Gasteiger partial charge in [0.15, 0.2) is 0 Å². The first kappa shape index (κ1) is 14.1. The lowest BCUT2D eigenvalue weighted by Crippen LogP contribution is -2.39. The SMILES string of the molecule is O=C(C1CCOCC1)N1C[C@@H]2CN(c3ccccc3)C[C@H]2C1. The Morgan fingerprint density at radius 2 is 1.59 bits per heavy atom. The van der Waals surface area contributed by atoms with Crippen LogP contribution in [0.4, 0.5) is 5.69 Å². The minimum absolute atomic E-state index is 0.206. The first-order chi connectivity index (χ1) is 10.8. The van der Waals surface area contributed by atoms with Gasteiger partial charge in [-0.2, -0.15) is 0 Å². The molecule has 0 spiro atoms. The van der Waals surface area contributed by atoms with Crippen LogP contribution in [-0.2, 0) is 9.53 Å². The van der Waals surface area contributed by atoms with Crippen LogP contribution in [-0.4, -0.2) is 50.2 Å². The maximum Gasteiger partial charge on any atom is 0.225 e. The topological polar surface area (TPSA) is 32.8 Å². The molecule has 2 atom stereocenters. The van der Waals surface area contributed by atoms with Gasteiger partial charge in [0, 0.05) is 62.8 Å². The summed E-state index contributed by atoms with van der Waals surface area (Å²) in [6, 6.07) is 10.6. The largest absolute Gasteiger partial charge is 0.381 e. The highest BCUT2D eigenvalue weighted by Gasteiger charge is 2.42. The van der Waals surface area contributed by atoms with Gasteiger partial charge in [-0.25, -0.2) is 0 Å². The zero-order valence-electron chi connectivity index (χ0n) is 13.0. The lowest BCUT2D eigenvalue weighted by Gasteiger charge is -2.28. The number of para-hydroxylation sites is 1. The predicted octanol–water partition coefficient (Wildman–Crippen LogP) is 2.01. The molecule has 3 fully saturated rings. The molecule has 118 valence electrons. The van der Waals surface area contributed by atoms with Gasteiger partial charge >= 0.3 is 0 Å². The Balaban J connectivity index is 1.36. The Morgan fingerprint density at radius 3 is 2.23 bits per heavy atom. The fraction of sp³-hybridized carbons (Fsp3) is 0.611. The van der Waals surface area contributed by atoms with Gasteiger partial charge in [-0.05, 0) is 25.0 Å². The van der Waals surface area contributed by atoms with Crippen molar-refractivity contribution in [2.24, 2.45) is 17.8 Å². The number of hydrogen-bond donors (Lipinski definition) is 0. The number of likely N-dealkylation sites (tertiary alicyclic amines) is 1. The lowest BCUT2D eigenvalue weighted by atomic mass is 9.99. The van der Waals surface area contributed by atoms with Crippen molar-refractivity contribution in [1.82, 2.24) is 4.90 Å². The van der Waals surface area contributed by atoms with Gasteiger partial charge in [0.25, 0.3) is 0 Å². The van der Waals surface area contributed by atoms with E-state index in [1.54, 1.807) is 0 Å². The molecule has 4 nitrogen and oxygen atoms in total. The van der Waals surface area contributed by atoms with Crippen LogP contribution in [0, 0.1) is 17.8 Å². The summed E-state index contributed by atoms with van der Waals surface area (Å²) in [7, 11) is 0. The summed E-state index contributed by atoms with van der Waals surface area (Å²) in [6.07, 6.45) is 1.81. The highest BCUT2D eigenvalue weighted by molar-refractivity contribution is 5.79. The summed E-state index contributed by atoms with van der Waals surface area (Å²) < 4.78 is 5.37. The molecule has 4 rings (SSSR count). The third kappa shape index (κ3) is 2.60. The van der Waals surface area contributed by atoms with Crippen LogP contribution in [0.2, 0.25) is 0 Å². The van der Waals surface area contributed by atoms with Crippen LogP contribution in [0.3, 0.4) is 0 Å². The molecule has 1 aromatic carbocycles. The number of anilines is 1. The molecule has 0 aromatic heterocycles. The van der Waals surface area contributed by atoms with Crippen molar-refractivity contribution in [3.05, 3.63) is 30.3 Å². The monoisotopic (exact) mass is 300 g/mol. The van der Waals surface area contributed by atoms with Gasteiger partial charge in [0.2, 0.25) is 5.91 Å². The van der Waals surface area contributed by atoms with Crippen molar-refractivity contribution in [3.63, 3.8) is 0 Å². The number of carbonyl (C=O) groups is 1. The van der Waals surface area contributed by atoms with Crippen LogP contribution in [0.1, 0.15) is 12.8 Å². The van der Waals surface area contributed by atoms with E-state index in [1.165, 1.54) is 5.69 Å². The van der Waals surface area contributed by atoms with E-state index in [0.29, 0.717) is 17.7 Å². The number of fused-ring (bicyclic) bond motifs is 1. The van der Waals surface area contributed by atoms with Gasteiger partial charge in [-0.1, -0.05) is 18.2 Å². The van der Waals surface area contributed by atoms with E-state index in [-0.39, 0.29) is 5.92 Å². The Kier molecular flexibility index (Phi) is 3.78. The average Bonchev–Trinajstić information content (AvgIpc) is 3.15. The third-order valence-electron chi connectivity index (χ3n) is 5.49. The number of ether oxygens (including phenoxy) is 1. The van der Waals surface area contributed by atoms with Crippen LogP contribution in [0.5, 0.6) is 0 Å². The number of benzene rings is 1. The number of carbonyl (C=O) groups excluding carboxylic acids is 1. The molecule has 3 aliphatic heterocycles. The van der Waals surface area contributed by atoms with Gasteiger partial charge in [0.05, 0.1) is 0 Å². The van der Waals surface area contributed by atoms with Crippen LogP contribution < -0.4 is 4.90 Å². The molecule has 3 aliphatic rings. The van der Waals surface area contributed by atoms with E-state index in [1.807, 2.05) is 0 Å². The molecule has 22 heavy (non-hydrogen) atoms. The van der Waals surface area contributed by atoms with Crippen LogP contribution in [0.25, 0.3) is 0 Å². The molecule has 3 heterocycles. The minimum Gasteiger partial charge on any atom is -0.381 e. The van der Waals surface area contributed by atoms with Crippen LogP contribution >= 0.6 is 0 Å². The van der Waals surface area contributed by atoms with Crippen molar-refractivity contribution in [2.75, 3.05) is 44.3 Å². The third-order valence-corrected chi connectivity index (χ3v) is 5.49. The van der Waals surface area contributed by atoms with E-state index in [2.05, 4.69) is 40.1 Å². The lowest BCUT2D eigenvalue weighted by molar-refractivity contribution is -0.137. The van der Waals surface area contributed by atoms with E-state index in [4.69, 9.17) is 4.74 Å². The summed E-state index contributed by atoms with van der Waals surface area (Å²) in [5.41, 5.74) is 1.32. The smallest absolute Gasteiger partial charge is 0.225 e. The van der Waals surface area contributed by atoms with Crippen molar-refractivity contribution >= 4 is 11.6 Å². The fourth-order valence-corrected chi connectivity index (χ4v) is 4.23. The highest BCUT2D eigenvalue weighted by Crippen LogP contribution is 2.35. The molecule has 0 radical (unpaired) electrons. The van der Waals surface area contributed by atoms with Crippen molar-refractivity contribution < 1.29 is 9.53 Å². The molecular formula is C18H24N2O2. The first-order valence-corrected chi connectivity index (χ1v) is 8.48. The normalized spacial score (nSPS) is 28.9. The van der Waals surface area contributed by atoms with E-state index in [9.17, 15) is 4.79 Å². The Hall–Kier alpha value is -1.55. The van der Waals surface area contributed by atoms with Gasteiger partial charge in [-0.15, -0.1) is 0 Å². The summed E-state index contributed by atoms with van der Waals surface area (Å²) in [6.45, 7) is 5.57. The summed E-state index contributed by atoms with van der Waals surface area (Å²) in [4.78, 5) is 17.3. The molecule has 0 N–H and O–H groups in total. The average molecular weight is 300 g/mol. The summed E-state index contributed by atoms with van der Waals surface area (Å²) >= 11 is 0. The molecular weight excluding hydrogens is 276 g/mol. The van der Waals surface area contributed by atoms with E-state index in [0.717, 1.165) is 52.2 Å². The second-order valence-electron chi connectivity index (χ2n) is 6.89. The summed E-state index contributed by atoms with van der Waals surface area (Å²) in [5, 5.41) is 0. The zero-order chi connectivity index (χ0) is 14.9. The zero-order valence-corrected chi connectivity index (χ0v) is 13.0. The molecule has 0 aliphatic carbocycles. The van der Waals surface area contributed by atoms with Gasteiger partial charge in [0.1, 0.15) is 0 Å². The molecule has 1 amide bonds. The predicted molar refractivity (Wildman–Crippen MR) is 85.8 cm³/mol. The number of amides is 1. The van der Waals surface area contributed by atoms with Crippen molar-refractivity contribution in [1.29, 1.82) is 0 Å². The summed E-state index contributed by atoms with van der Waals surface area (Å²) in [5.74, 6) is 1.87. The molecule has 0 bridgehead atoms. The molecule has 1 aromatic rings. The Morgan fingerprint density at radius 1 is 0.955 bits per heavy atom. The Labute approximate surface area is 132 Å². The number of hydrogen-bond acceptors (Lipinski definition) is 3. The van der Waals surface area contributed by atoms with Crippen LogP contribution in [0.15, 0.2) is 30.3 Å². The minimum atomic E-state index is 0.206. The first-order valence-electron chi connectivity index (χ1n) is 8.48. The fourth-order valence-electron chi connectivity index (χ4n) is 4.23. The molecule has 4 heteroatoms. The number of nitrogens with zero attached hydrogens (tertiary/aromatic N) is 2. The maximum atomic E-state index is 12.6. The molecule has 3 saturated heterocycles. The van der Waals surface area contributed by atoms with Gasteiger partial charge in [-0.3, -0.25) is 4.79 Å². The number of rotatable bonds is 2. The maximum absolute atomic E-state index is 12.6. The van der Waals surface area contributed by atoms with Crippen molar-refractivity contribution in [2.45, 2.75) is 12.8 Å². The second-order valence-corrected chi connectivity index (χ2v) is 6.89. The quantitative estimate of drug-likeness (QED) is 0.837. The Bertz CT molecular complexity index is 513. The molecule has 0 unspecified atom stereocenters. The molecule has 0 saturated carbocycles. The standard InChI is InChI=1S/C18H24N2O2/c21-18(14-6-8-22-9-7-14)20-12-15-10-19(11-16(15)13-20)17-4-2-1-3-5-17/h1-5,14-16H,6-13H2/t15-,16-/m0/s1. The highest BCUT2D eigenvalue weighted by atomic mass is 16.5. The van der Waals surface area contributed by atoms with Crippen molar-refractivity contribution in [3.8, 4) is 0 Å². The van der Waals surface area contributed by atoms with E-state index < -0.39 is 0 Å². The van der Waals surface area contributed by atoms with E-state index >= 15 is 0 Å².